The molecular weight excluding hydrogens is 364 g/mol. The van der Waals surface area contributed by atoms with Crippen molar-refractivity contribution in [2.75, 3.05) is 24.3 Å². The largest absolute Gasteiger partial charge is 0.486 e. The predicted octanol–water partition coefficient (Wildman–Crippen LogP) is 3.04. The molecule has 1 amide bonds. The fourth-order valence-electron chi connectivity index (χ4n) is 2.96. The molecule has 1 aliphatic heterocycles. The predicted molar refractivity (Wildman–Crippen MR) is 106 cm³/mol. The van der Waals surface area contributed by atoms with E-state index in [2.05, 4.69) is 5.32 Å². The van der Waals surface area contributed by atoms with E-state index in [1.165, 1.54) is 11.8 Å². The van der Waals surface area contributed by atoms with Crippen LogP contribution in [0.15, 0.2) is 58.2 Å². The highest BCUT2D eigenvalue weighted by Crippen LogP contribution is 2.33. The molecule has 0 spiro atoms. The Balaban J connectivity index is 1.48. The van der Waals surface area contributed by atoms with Gasteiger partial charge in [0.25, 0.3) is 5.56 Å². The number of para-hydroxylation sites is 1. The fourth-order valence-corrected chi connectivity index (χ4v) is 3.83. The molecule has 2 heterocycles. The molecule has 0 saturated carbocycles. The maximum Gasteiger partial charge on any atom is 0.251 e. The van der Waals surface area contributed by atoms with Crippen LogP contribution < -0.4 is 20.3 Å². The zero-order chi connectivity index (χ0) is 18.8. The third kappa shape index (κ3) is 3.64. The van der Waals surface area contributed by atoms with Crippen LogP contribution in [0.2, 0.25) is 0 Å². The summed E-state index contributed by atoms with van der Waals surface area (Å²) >= 11 is 1.35. The number of aryl methyl sites for hydroxylation is 1. The zero-order valence-electron chi connectivity index (χ0n) is 14.7. The molecule has 2 aromatic carbocycles. The lowest BCUT2D eigenvalue weighted by molar-refractivity contribution is -0.113. The number of fused-ring (bicyclic) bond motifs is 2. The van der Waals surface area contributed by atoms with Crippen molar-refractivity contribution in [1.29, 1.82) is 0 Å². The van der Waals surface area contributed by atoms with Crippen LogP contribution in [0.4, 0.5) is 5.69 Å². The maximum atomic E-state index is 12.4. The first-order valence-corrected chi connectivity index (χ1v) is 9.51. The van der Waals surface area contributed by atoms with E-state index in [9.17, 15) is 9.59 Å². The number of anilines is 1. The van der Waals surface area contributed by atoms with Gasteiger partial charge in [0.2, 0.25) is 5.91 Å². The average molecular weight is 382 g/mol. The van der Waals surface area contributed by atoms with Gasteiger partial charge in [0.1, 0.15) is 13.2 Å². The second kappa shape index (κ2) is 7.36. The Labute approximate surface area is 160 Å². The topological polar surface area (TPSA) is 69.6 Å². The number of benzene rings is 2. The van der Waals surface area contributed by atoms with E-state index in [1.807, 2.05) is 24.3 Å². The third-order valence-electron chi connectivity index (χ3n) is 4.30. The van der Waals surface area contributed by atoms with E-state index in [1.54, 1.807) is 35.9 Å². The molecule has 6 nitrogen and oxygen atoms in total. The number of carbonyl (C=O) groups excluding carboxylic acids is 1. The molecule has 7 heteroatoms. The lowest BCUT2D eigenvalue weighted by atomic mass is 10.2. The number of rotatable bonds is 4. The van der Waals surface area contributed by atoms with Gasteiger partial charge in [-0.2, -0.15) is 0 Å². The van der Waals surface area contributed by atoms with Crippen molar-refractivity contribution in [2.24, 2.45) is 7.05 Å². The second-order valence-electron chi connectivity index (χ2n) is 6.12. The highest BCUT2D eigenvalue weighted by molar-refractivity contribution is 8.00. The second-order valence-corrected chi connectivity index (χ2v) is 7.14. The number of amides is 1. The minimum atomic E-state index is -0.151. The van der Waals surface area contributed by atoms with Gasteiger partial charge in [-0.25, -0.2) is 0 Å². The summed E-state index contributed by atoms with van der Waals surface area (Å²) < 4.78 is 12.6. The number of pyridine rings is 1. The quantitative estimate of drug-likeness (QED) is 0.703. The van der Waals surface area contributed by atoms with Crippen LogP contribution >= 0.6 is 11.8 Å². The Morgan fingerprint density at radius 3 is 2.74 bits per heavy atom. The summed E-state index contributed by atoms with van der Waals surface area (Å²) in [6.45, 7) is 1.02. The molecule has 1 aliphatic rings. The number of carbonyl (C=O) groups is 1. The smallest absolute Gasteiger partial charge is 0.251 e. The van der Waals surface area contributed by atoms with Gasteiger partial charge in [0.05, 0.1) is 11.3 Å². The Bertz CT molecular complexity index is 1080. The molecule has 0 atom stereocenters. The lowest BCUT2D eigenvalue weighted by Gasteiger charge is -2.19. The van der Waals surface area contributed by atoms with Gasteiger partial charge < -0.3 is 19.4 Å². The number of thioether (sulfide) groups is 1. The minimum absolute atomic E-state index is 0.0940. The van der Waals surface area contributed by atoms with Crippen LogP contribution in [0.3, 0.4) is 0 Å². The van der Waals surface area contributed by atoms with Crippen molar-refractivity contribution in [2.45, 2.75) is 4.90 Å². The monoisotopic (exact) mass is 382 g/mol. The van der Waals surface area contributed by atoms with E-state index < -0.39 is 0 Å². The molecule has 0 radical (unpaired) electrons. The molecule has 0 unspecified atom stereocenters. The SMILES string of the molecule is Cn1c(=O)cc(SCC(=O)Nc2ccc3c(c2)OCCO3)c2ccccc21. The first kappa shape index (κ1) is 17.5. The summed E-state index contributed by atoms with van der Waals surface area (Å²) in [5.74, 6) is 1.36. The van der Waals surface area contributed by atoms with Crippen molar-refractivity contribution in [3.8, 4) is 11.5 Å². The summed E-state index contributed by atoms with van der Waals surface area (Å²) in [4.78, 5) is 25.3. The zero-order valence-corrected chi connectivity index (χ0v) is 15.5. The molecule has 27 heavy (non-hydrogen) atoms. The molecule has 0 saturated heterocycles. The molecule has 138 valence electrons. The van der Waals surface area contributed by atoms with Gasteiger partial charge >= 0.3 is 0 Å². The number of ether oxygens (including phenoxy) is 2. The van der Waals surface area contributed by atoms with Gasteiger partial charge in [0, 0.05) is 35.1 Å². The summed E-state index contributed by atoms with van der Waals surface area (Å²) in [7, 11) is 1.74. The lowest BCUT2D eigenvalue weighted by Crippen LogP contribution is -2.18. The van der Waals surface area contributed by atoms with Crippen LogP contribution in [-0.2, 0) is 11.8 Å². The maximum absolute atomic E-state index is 12.4. The molecule has 4 rings (SSSR count). The Kier molecular flexibility index (Phi) is 4.77. The fraction of sp³-hybridized carbons (Fsp3) is 0.200. The standard InChI is InChI=1S/C20H18N2O4S/c1-22-15-5-3-2-4-14(15)18(11-20(22)24)27-12-19(23)21-13-6-7-16-17(10-13)26-9-8-25-16/h2-7,10-11H,8-9,12H2,1H3,(H,21,23). The van der Waals surface area contributed by atoms with Gasteiger partial charge in [0.15, 0.2) is 11.5 Å². The molecule has 0 fully saturated rings. The molecule has 1 N–H and O–H groups in total. The average Bonchev–Trinajstić information content (AvgIpc) is 2.69. The van der Waals surface area contributed by atoms with E-state index in [-0.39, 0.29) is 17.2 Å². The highest BCUT2D eigenvalue weighted by Gasteiger charge is 2.13. The minimum Gasteiger partial charge on any atom is -0.486 e. The molecular formula is C20H18N2O4S. The molecule has 0 bridgehead atoms. The van der Waals surface area contributed by atoms with Crippen molar-refractivity contribution < 1.29 is 14.3 Å². The van der Waals surface area contributed by atoms with E-state index >= 15 is 0 Å². The Hall–Kier alpha value is -2.93. The van der Waals surface area contributed by atoms with Gasteiger partial charge in [-0.15, -0.1) is 11.8 Å². The Morgan fingerprint density at radius 1 is 1.11 bits per heavy atom. The molecule has 0 aliphatic carbocycles. The number of hydrogen-bond donors (Lipinski definition) is 1. The number of nitrogens with one attached hydrogen (secondary N) is 1. The van der Waals surface area contributed by atoms with Crippen LogP contribution in [-0.4, -0.2) is 29.4 Å². The highest BCUT2D eigenvalue weighted by atomic mass is 32.2. The normalized spacial score (nSPS) is 12.8. The molecule has 3 aromatic rings. The summed E-state index contributed by atoms with van der Waals surface area (Å²) in [6.07, 6.45) is 0. The van der Waals surface area contributed by atoms with Crippen LogP contribution in [0.25, 0.3) is 10.9 Å². The Morgan fingerprint density at radius 2 is 1.89 bits per heavy atom. The van der Waals surface area contributed by atoms with Crippen molar-refractivity contribution in [1.82, 2.24) is 4.57 Å². The van der Waals surface area contributed by atoms with Gasteiger partial charge in [-0.1, -0.05) is 18.2 Å². The van der Waals surface area contributed by atoms with E-state index in [4.69, 9.17) is 9.47 Å². The van der Waals surface area contributed by atoms with Gasteiger partial charge in [-0.3, -0.25) is 9.59 Å². The van der Waals surface area contributed by atoms with E-state index in [0.717, 1.165) is 15.8 Å². The number of nitrogens with zero attached hydrogens (tertiary/aromatic N) is 1. The van der Waals surface area contributed by atoms with E-state index in [0.29, 0.717) is 30.4 Å². The van der Waals surface area contributed by atoms with Crippen molar-refractivity contribution >= 4 is 34.3 Å². The molecule has 1 aromatic heterocycles. The summed E-state index contributed by atoms with van der Waals surface area (Å²) in [5, 5.41) is 3.81. The van der Waals surface area contributed by atoms with Crippen molar-refractivity contribution in [3.05, 3.63) is 58.9 Å². The first-order valence-electron chi connectivity index (χ1n) is 8.53. The third-order valence-corrected chi connectivity index (χ3v) is 5.36. The van der Waals surface area contributed by atoms with Crippen LogP contribution in [0.1, 0.15) is 0 Å². The van der Waals surface area contributed by atoms with Crippen LogP contribution in [0, 0.1) is 0 Å². The number of hydrogen-bond acceptors (Lipinski definition) is 5. The number of aromatic nitrogens is 1. The summed E-state index contributed by atoms with van der Waals surface area (Å²) in [6, 6.07) is 14.6. The van der Waals surface area contributed by atoms with Crippen molar-refractivity contribution in [3.63, 3.8) is 0 Å². The summed E-state index contributed by atoms with van der Waals surface area (Å²) in [5.41, 5.74) is 1.40. The first-order chi connectivity index (χ1) is 13.1. The van der Waals surface area contributed by atoms with Gasteiger partial charge in [-0.05, 0) is 18.2 Å². The van der Waals surface area contributed by atoms with Crippen LogP contribution in [0.5, 0.6) is 11.5 Å².